The maximum atomic E-state index is 5.36. The van der Waals surface area contributed by atoms with E-state index in [1.165, 1.54) is 0 Å². The monoisotopic (exact) mass is 256 g/mol. The van der Waals surface area contributed by atoms with E-state index >= 15 is 0 Å². The molecule has 0 N–H and O–H groups in total. The number of aliphatic imine (C=N–C) groups is 1. The standard InChI is InChI=1S/C15H16N2O2/c1-3-19-15-14(18-2)9-13(11-17-15)16-10-12-7-5-4-6-8-12/h4-11H,3H2,1-2H3. The van der Waals surface area contributed by atoms with Crippen LogP contribution in [0.4, 0.5) is 5.69 Å². The molecule has 0 aliphatic carbocycles. The molecule has 0 unspecified atom stereocenters. The molecule has 0 aliphatic rings. The van der Waals surface area contributed by atoms with E-state index in [0.717, 1.165) is 11.3 Å². The number of pyridine rings is 1. The van der Waals surface area contributed by atoms with Crippen molar-refractivity contribution in [1.82, 2.24) is 4.98 Å². The number of methoxy groups -OCH3 is 1. The molecule has 0 aliphatic heterocycles. The molecular formula is C15H16N2O2. The highest BCUT2D eigenvalue weighted by Gasteiger charge is 2.05. The zero-order valence-electron chi connectivity index (χ0n) is 11.0. The molecule has 0 fully saturated rings. The van der Waals surface area contributed by atoms with Crippen molar-refractivity contribution in [2.24, 2.45) is 4.99 Å². The molecule has 0 amide bonds. The summed E-state index contributed by atoms with van der Waals surface area (Å²) in [5, 5.41) is 0. The molecule has 0 atom stereocenters. The molecule has 0 saturated heterocycles. The SMILES string of the molecule is CCOc1ncc(N=Cc2ccccc2)cc1OC. The van der Waals surface area contributed by atoms with Crippen LogP contribution in [-0.4, -0.2) is 24.9 Å². The van der Waals surface area contributed by atoms with E-state index < -0.39 is 0 Å². The molecule has 2 rings (SSSR count). The van der Waals surface area contributed by atoms with Gasteiger partial charge in [0.05, 0.1) is 25.6 Å². The van der Waals surface area contributed by atoms with Gasteiger partial charge in [-0.15, -0.1) is 0 Å². The molecule has 1 aromatic heterocycles. The van der Waals surface area contributed by atoms with Crippen molar-refractivity contribution in [3.63, 3.8) is 0 Å². The van der Waals surface area contributed by atoms with Gasteiger partial charge in [0, 0.05) is 12.3 Å². The van der Waals surface area contributed by atoms with Gasteiger partial charge in [0.2, 0.25) is 0 Å². The predicted octanol–water partition coefficient (Wildman–Crippen LogP) is 3.24. The second-order valence-corrected chi connectivity index (χ2v) is 3.80. The predicted molar refractivity (Wildman–Crippen MR) is 75.7 cm³/mol. The highest BCUT2D eigenvalue weighted by atomic mass is 16.5. The van der Waals surface area contributed by atoms with Crippen LogP contribution in [0.5, 0.6) is 11.6 Å². The zero-order valence-corrected chi connectivity index (χ0v) is 11.0. The minimum absolute atomic E-state index is 0.490. The highest BCUT2D eigenvalue weighted by Crippen LogP contribution is 2.28. The maximum Gasteiger partial charge on any atom is 0.257 e. The van der Waals surface area contributed by atoms with E-state index in [9.17, 15) is 0 Å². The van der Waals surface area contributed by atoms with Crippen LogP contribution in [0, 0.1) is 0 Å². The lowest BCUT2D eigenvalue weighted by molar-refractivity contribution is 0.298. The van der Waals surface area contributed by atoms with E-state index in [1.54, 1.807) is 25.6 Å². The summed E-state index contributed by atoms with van der Waals surface area (Å²) in [5.74, 6) is 1.08. The van der Waals surface area contributed by atoms with E-state index in [0.29, 0.717) is 18.2 Å². The first-order valence-corrected chi connectivity index (χ1v) is 6.09. The summed E-state index contributed by atoms with van der Waals surface area (Å²) in [7, 11) is 1.59. The van der Waals surface area contributed by atoms with Gasteiger partial charge in [-0.3, -0.25) is 4.99 Å². The molecule has 98 valence electrons. The Kier molecular flexibility index (Phi) is 4.50. The molecule has 0 bridgehead atoms. The molecule has 0 saturated carbocycles. The van der Waals surface area contributed by atoms with Crippen LogP contribution in [0.2, 0.25) is 0 Å². The topological polar surface area (TPSA) is 43.7 Å². The van der Waals surface area contributed by atoms with Crippen molar-refractivity contribution in [2.75, 3.05) is 13.7 Å². The lowest BCUT2D eigenvalue weighted by atomic mass is 10.2. The third-order valence-electron chi connectivity index (χ3n) is 2.47. The van der Waals surface area contributed by atoms with Crippen LogP contribution in [0.25, 0.3) is 0 Å². The third-order valence-corrected chi connectivity index (χ3v) is 2.47. The van der Waals surface area contributed by atoms with Crippen molar-refractivity contribution in [3.05, 3.63) is 48.2 Å². The molecule has 1 heterocycles. The summed E-state index contributed by atoms with van der Waals surface area (Å²) in [6.45, 7) is 2.46. The van der Waals surface area contributed by atoms with Gasteiger partial charge in [-0.05, 0) is 12.5 Å². The van der Waals surface area contributed by atoms with Gasteiger partial charge in [0.25, 0.3) is 5.88 Å². The number of ether oxygens (including phenoxy) is 2. The molecule has 0 spiro atoms. The van der Waals surface area contributed by atoms with E-state index in [-0.39, 0.29) is 0 Å². The Bertz CT molecular complexity index is 553. The van der Waals surface area contributed by atoms with E-state index in [4.69, 9.17) is 9.47 Å². The van der Waals surface area contributed by atoms with Gasteiger partial charge in [-0.25, -0.2) is 4.98 Å². The summed E-state index contributed by atoms with van der Waals surface area (Å²) in [6.07, 6.45) is 3.45. The lowest BCUT2D eigenvalue weighted by Gasteiger charge is -2.07. The Morgan fingerprint density at radius 1 is 1.26 bits per heavy atom. The number of aromatic nitrogens is 1. The summed E-state index contributed by atoms with van der Waals surface area (Å²) < 4.78 is 10.6. The Hall–Kier alpha value is -2.36. The fraction of sp³-hybridized carbons (Fsp3) is 0.200. The first kappa shape index (κ1) is 13.1. The summed E-state index contributed by atoms with van der Waals surface area (Å²) in [4.78, 5) is 8.55. The molecule has 1 aromatic carbocycles. The maximum absolute atomic E-state index is 5.36. The fourth-order valence-corrected chi connectivity index (χ4v) is 1.57. The number of nitrogens with zero attached hydrogens (tertiary/aromatic N) is 2. The molecule has 2 aromatic rings. The second kappa shape index (κ2) is 6.54. The highest BCUT2D eigenvalue weighted by molar-refractivity contribution is 5.81. The van der Waals surface area contributed by atoms with Crippen molar-refractivity contribution < 1.29 is 9.47 Å². The van der Waals surface area contributed by atoms with Crippen LogP contribution < -0.4 is 9.47 Å². The average molecular weight is 256 g/mol. The van der Waals surface area contributed by atoms with Gasteiger partial charge < -0.3 is 9.47 Å². The smallest absolute Gasteiger partial charge is 0.257 e. The number of rotatable bonds is 5. The lowest BCUT2D eigenvalue weighted by Crippen LogP contribution is -1.97. The van der Waals surface area contributed by atoms with E-state index in [1.807, 2.05) is 37.3 Å². The second-order valence-electron chi connectivity index (χ2n) is 3.80. The first-order chi connectivity index (χ1) is 9.33. The van der Waals surface area contributed by atoms with Gasteiger partial charge in [-0.2, -0.15) is 0 Å². The minimum atomic E-state index is 0.490. The van der Waals surface area contributed by atoms with Crippen molar-refractivity contribution in [2.45, 2.75) is 6.92 Å². The van der Waals surface area contributed by atoms with Crippen LogP contribution in [0.15, 0.2) is 47.6 Å². The molecule has 4 heteroatoms. The van der Waals surface area contributed by atoms with Crippen LogP contribution in [0.3, 0.4) is 0 Å². The van der Waals surface area contributed by atoms with Crippen LogP contribution in [0.1, 0.15) is 12.5 Å². The Labute approximate surface area is 112 Å². The normalized spacial score (nSPS) is 10.6. The van der Waals surface area contributed by atoms with Crippen molar-refractivity contribution in [1.29, 1.82) is 0 Å². The Morgan fingerprint density at radius 2 is 2.05 bits per heavy atom. The average Bonchev–Trinajstić information content (AvgIpc) is 2.47. The molecule has 4 nitrogen and oxygen atoms in total. The van der Waals surface area contributed by atoms with Gasteiger partial charge in [-0.1, -0.05) is 30.3 Å². The van der Waals surface area contributed by atoms with Crippen LogP contribution in [-0.2, 0) is 0 Å². The first-order valence-electron chi connectivity index (χ1n) is 6.09. The summed E-state index contributed by atoms with van der Waals surface area (Å²) >= 11 is 0. The molecule has 19 heavy (non-hydrogen) atoms. The summed E-state index contributed by atoms with van der Waals surface area (Å²) in [6, 6.07) is 11.7. The minimum Gasteiger partial charge on any atom is -0.491 e. The van der Waals surface area contributed by atoms with Gasteiger partial charge >= 0.3 is 0 Å². The van der Waals surface area contributed by atoms with Crippen molar-refractivity contribution >= 4 is 11.9 Å². The largest absolute Gasteiger partial charge is 0.491 e. The Morgan fingerprint density at radius 3 is 2.74 bits per heavy atom. The summed E-state index contributed by atoms with van der Waals surface area (Å²) in [5.41, 5.74) is 1.76. The molecule has 0 radical (unpaired) electrons. The number of benzene rings is 1. The quantitative estimate of drug-likeness (QED) is 0.771. The van der Waals surface area contributed by atoms with Crippen LogP contribution >= 0.6 is 0 Å². The number of hydrogen-bond acceptors (Lipinski definition) is 4. The van der Waals surface area contributed by atoms with Gasteiger partial charge in [0.15, 0.2) is 5.75 Å². The zero-order chi connectivity index (χ0) is 13.5. The fourth-order valence-electron chi connectivity index (χ4n) is 1.57. The third kappa shape index (κ3) is 3.55. The van der Waals surface area contributed by atoms with Gasteiger partial charge in [0.1, 0.15) is 0 Å². The number of hydrogen-bond donors (Lipinski definition) is 0. The van der Waals surface area contributed by atoms with E-state index in [2.05, 4.69) is 9.98 Å². The van der Waals surface area contributed by atoms with Crippen molar-refractivity contribution in [3.8, 4) is 11.6 Å². The Balaban J connectivity index is 2.19. The molecular weight excluding hydrogens is 240 g/mol.